The number of aromatic amines is 1. The van der Waals surface area contributed by atoms with Crippen molar-refractivity contribution in [1.82, 2.24) is 15.5 Å². The second-order valence-electron chi connectivity index (χ2n) is 8.63. The molecule has 0 saturated heterocycles. The zero-order chi connectivity index (χ0) is 24.4. The number of allylic oxidation sites excluding steroid dienone is 1. The molecule has 0 unspecified atom stereocenters. The summed E-state index contributed by atoms with van der Waals surface area (Å²) in [7, 11) is 0. The smallest absolute Gasteiger partial charge is 0.412 e. The summed E-state index contributed by atoms with van der Waals surface area (Å²) in [5.41, 5.74) is 4.65. The summed E-state index contributed by atoms with van der Waals surface area (Å²) in [4.78, 5) is 36.2. The Labute approximate surface area is 201 Å². The van der Waals surface area contributed by atoms with Gasteiger partial charge in [-0.3, -0.25) is 20.0 Å². The number of carbonyl (C=O) groups is 3. The van der Waals surface area contributed by atoms with Crippen LogP contribution in [0.5, 0.6) is 0 Å². The van der Waals surface area contributed by atoms with Crippen molar-refractivity contribution >= 4 is 23.8 Å². The molecule has 0 radical (unpaired) electrons. The third kappa shape index (κ3) is 4.65. The van der Waals surface area contributed by atoms with Crippen molar-refractivity contribution in [2.75, 3.05) is 11.9 Å². The fourth-order valence-corrected chi connectivity index (χ4v) is 4.68. The molecular formula is C26H24N4O5. The molecule has 1 heterocycles. The minimum absolute atomic E-state index is 0.0631. The molecule has 3 aromatic rings. The number of carboxylic acids is 1. The first-order valence-electron chi connectivity index (χ1n) is 11.4. The van der Waals surface area contributed by atoms with Crippen LogP contribution in [0.15, 0.2) is 66.7 Å². The van der Waals surface area contributed by atoms with E-state index in [0.717, 1.165) is 22.3 Å². The number of benzene rings is 2. The standard InChI is InChI=1S/C26H24N4O5/c31-24(27-16-7-5-6-15(12-16)25(32)33)22-13-23(30-29-22)28-26(34)35-14-21-19-10-3-1-8-17(19)18-9-2-4-11-20(18)21/h1-5,7-11,13,15-16,21H,6,12,14H2,(H,27,31)(H,32,33)(H2,28,29,30,34)/t15-,16-/m1/s1. The Morgan fingerprint density at radius 1 is 1.06 bits per heavy atom. The first-order chi connectivity index (χ1) is 17.0. The van der Waals surface area contributed by atoms with E-state index in [-0.39, 0.29) is 30.1 Å². The van der Waals surface area contributed by atoms with Gasteiger partial charge in [-0.25, -0.2) is 4.79 Å². The number of amides is 2. The van der Waals surface area contributed by atoms with Crippen molar-refractivity contribution in [3.63, 3.8) is 0 Å². The molecule has 2 aliphatic carbocycles. The van der Waals surface area contributed by atoms with E-state index in [1.807, 2.05) is 36.4 Å². The molecule has 0 aliphatic heterocycles. The van der Waals surface area contributed by atoms with Crippen molar-refractivity contribution in [3.05, 3.63) is 83.6 Å². The number of fused-ring (bicyclic) bond motifs is 3. The topological polar surface area (TPSA) is 133 Å². The van der Waals surface area contributed by atoms with Crippen LogP contribution in [0.1, 0.15) is 40.4 Å². The molecule has 9 heteroatoms. The second kappa shape index (κ2) is 9.46. The van der Waals surface area contributed by atoms with Crippen molar-refractivity contribution < 1.29 is 24.2 Å². The summed E-state index contributed by atoms with van der Waals surface area (Å²) in [5, 5.41) is 21.0. The van der Waals surface area contributed by atoms with E-state index in [1.54, 1.807) is 12.2 Å². The highest BCUT2D eigenvalue weighted by Gasteiger charge is 2.29. The fourth-order valence-electron chi connectivity index (χ4n) is 4.68. The van der Waals surface area contributed by atoms with Crippen LogP contribution >= 0.6 is 0 Å². The predicted molar refractivity (Wildman–Crippen MR) is 128 cm³/mol. The van der Waals surface area contributed by atoms with Crippen LogP contribution in [0.4, 0.5) is 10.6 Å². The summed E-state index contributed by atoms with van der Waals surface area (Å²) in [5.74, 6) is -1.77. The van der Waals surface area contributed by atoms with Gasteiger partial charge in [0.05, 0.1) is 5.92 Å². The molecule has 35 heavy (non-hydrogen) atoms. The number of carbonyl (C=O) groups excluding carboxylic acids is 2. The number of ether oxygens (including phenoxy) is 1. The van der Waals surface area contributed by atoms with E-state index in [4.69, 9.17) is 4.74 Å². The predicted octanol–water partition coefficient (Wildman–Crippen LogP) is 3.92. The lowest BCUT2D eigenvalue weighted by Crippen LogP contribution is -2.37. The number of H-pyrrole nitrogens is 1. The number of rotatable bonds is 6. The maximum atomic E-state index is 12.5. The molecule has 9 nitrogen and oxygen atoms in total. The lowest BCUT2D eigenvalue weighted by atomic mass is 9.91. The van der Waals surface area contributed by atoms with Crippen LogP contribution in [-0.2, 0) is 9.53 Å². The van der Waals surface area contributed by atoms with Gasteiger partial charge >= 0.3 is 12.1 Å². The number of nitrogens with zero attached hydrogens (tertiary/aromatic N) is 1. The van der Waals surface area contributed by atoms with Gasteiger partial charge in [-0.15, -0.1) is 0 Å². The van der Waals surface area contributed by atoms with Crippen molar-refractivity contribution in [1.29, 1.82) is 0 Å². The van der Waals surface area contributed by atoms with Crippen LogP contribution < -0.4 is 10.6 Å². The lowest BCUT2D eigenvalue weighted by Gasteiger charge is -2.22. The van der Waals surface area contributed by atoms with E-state index in [9.17, 15) is 19.5 Å². The van der Waals surface area contributed by atoms with Crippen LogP contribution in [0.25, 0.3) is 11.1 Å². The van der Waals surface area contributed by atoms with Gasteiger partial charge in [-0.1, -0.05) is 60.7 Å². The van der Waals surface area contributed by atoms with Gasteiger partial charge in [0.1, 0.15) is 12.3 Å². The summed E-state index contributed by atoms with van der Waals surface area (Å²) >= 11 is 0. The Morgan fingerprint density at radius 2 is 1.74 bits per heavy atom. The maximum Gasteiger partial charge on any atom is 0.412 e. The Bertz CT molecular complexity index is 1270. The van der Waals surface area contributed by atoms with Crippen LogP contribution in [0.3, 0.4) is 0 Å². The molecule has 0 fully saturated rings. The van der Waals surface area contributed by atoms with Crippen molar-refractivity contribution in [2.24, 2.45) is 5.92 Å². The highest BCUT2D eigenvalue weighted by Crippen LogP contribution is 2.44. The molecule has 5 rings (SSSR count). The average molecular weight is 473 g/mol. The zero-order valence-corrected chi connectivity index (χ0v) is 18.7. The summed E-state index contributed by atoms with van der Waals surface area (Å²) in [6.45, 7) is 0.163. The molecule has 2 atom stereocenters. The lowest BCUT2D eigenvalue weighted by molar-refractivity contribution is -0.142. The minimum atomic E-state index is -0.885. The molecular weight excluding hydrogens is 448 g/mol. The van der Waals surface area contributed by atoms with Gasteiger partial charge in [0.2, 0.25) is 0 Å². The number of anilines is 1. The Balaban J connectivity index is 1.17. The normalized spacial score (nSPS) is 18.4. The molecule has 0 spiro atoms. The third-order valence-electron chi connectivity index (χ3n) is 6.39. The molecule has 1 aromatic heterocycles. The number of aliphatic carboxylic acids is 1. The van der Waals surface area contributed by atoms with E-state index >= 15 is 0 Å². The van der Waals surface area contributed by atoms with Crippen LogP contribution in [0, 0.1) is 5.92 Å². The quantitative estimate of drug-likeness (QED) is 0.402. The average Bonchev–Trinajstić information content (AvgIpc) is 3.46. The Morgan fingerprint density at radius 3 is 2.43 bits per heavy atom. The maximum absolute atomic E-state index is 12.5. The fraction of sp³-hybridized carbons (Fsp3) is 0.231. The first kappa shape index (κ1) is 22.4. The number of hydrogen-bond acceptors (Lipinski definition) is 5. The van der Waals surface area contributed by atoms with E-state index < -0.39 is 23.9 Å². The van der Waals surface area contributed by atoms with Gasteiger partial charge in [0.25, 0.3) is 5.91 Å². The largest absolute Gasteiger partial charge is 0.481 e. The van der Waals surface area contributed by atoms with E-state index in [1.165, 1.54) is 6.07 Å². The highest BCUT2D eigenvalue weighted by atomic mass is 16.5. The van der Waals surface area contributed by atoms with E-state index in [0.29, 0.717) is 12.8 Å². The van der Waals surface area contributed by atoms with Crippen LogP contribution in [-0.4, -0.2) is 45.9 Å². The minimum Gasteiger partial charge on any atom is -0.481 e. The monoisotopic (exact) mass is 472 g/mol. The molecule has 2 amide bonds. The van der Waals surface area contributed by atoms with Gasteiger partial charge < -0.3 is 15.2 Å². The SMILES string of the molecule is O=C(Nc1cc(C(=O)N[C@@H]2C=CC[C@@H](C(=O)O)C2)[nH]n1)OCC1c2ccccc2-c2ccccc21. The summed E-state index contributed by atoms with van der Waals surface area (Å²) < 4.78 is 5.50. The molecule has 0 saturated carbocycles. The van der Waals surface area contributed by atoms with Gasteiger partial charge in [0, 0.05) is 18.0 Å². The highest BCUT2D eigenvalue weighted by molar-refractivity contribution is 5.94. The Hall–Kier alpha value is -4.40. The zero-order valence-electron chi connectivity index (χ0n) is 18.7. The van der Waals surface area contributed by atoms with E-state index in [2.05, 4.69) is 33.0 Å². The third-order valence-corrected chi connectivity index (χ3v) is 6.39. The molecule has 2 aliphatic rings. The molecule has 2 aromatic carbocycles. The number of aromatic nitrogens is 2. The van der Waals surface area contributed by atoms with Gasteiger partial charge in [-0.05, 0) is 35.1 Å². The number of carboxylic acid groups (broad SMARTS) is 1. The van der Waals surface area contributed by atoms with Crippen LogP contribution in [0.2, 0.25) is 0 Å². The van der Waals surface area contributed by atoms with Crippen molar-refractivity contribution in [3.8, 4) is 11.1 Å². The second-order valence-corrected chi connectivity index (χ2v) is 8.63. The Kier molecular flexibility index (Phi) is 6.05. The molecule has 178 valence electrons. The number of nitrogens with one attached hydrogen (secondary N) is 3. The first-order valence-corrected chi connectivity index (χ1v) is 11.4. The summed E-state index contributed by atoms with van der Waals surface area (Å²) in [6, 6.07) is 17.2. The number of hydrogen-bond donors (Lipinski definition) is 4. The molecule has 0 bridgehead atoms. The van der Waals surface area contributed by atoms with Gasteiger partial charge in [-0.2, -0.15) is 5.10 Å². The van der Waals surface area contributed by atoms with Crippen molar-refractivity contribution in [2.45, 2.75) is 24.8 Å². The van der Waals surface area contributed by atoms with Gasteiger partial charge in [0.15, 0.2) is 5.82 Å². The summed E-state index contributed by atoms with van der Waals surface area (Å²) in [6.07, 6.45) is 3.62. The molecule has 4 N–H and O–H groups in total.